The molecule has 0 bridgehead atoms. The van der Waals surface area contributed by atoms with E-state index in [0.717, 1.165) is 11.1 Å². The van der Waals surface area contributed by atoms with Crippen molar-refractivity contribution in [2.45, 2.75) is 26.8 Å². The van der Waals surface area contributed by atoms with E-state index in [9.17, 15) is 9.59 Å². The molecular formula is C21H21ClN4O2S. The highest BCUT2D eigenvalue weighted by Crippen LogP contribution is 2.26. The Balaban J connectivity index is 1.71. The number of rotatable bonds is 6. The Hall–Kier alpha value is -2.77. The molecule has 2 amide bonds. The van der Waals surface area contributed by atoms with E-state index < -0.39 is 11.9 Å². The number of hydrogen-bond donors (Lipinski definition) is 2. The number of halogens is 1. The average molecular weight is 429 g/mol. The molecule has 0 aliphatic heterocycles. The first kappa shape index (κ1) is 21.0. The fourth-order valence-electron chi connectivity index (χ4n) is 2.67. The Morgan fingerprint density at radius 2 is 1.72 bits per heavy atom. The predicted octanol–water partition coefficient (Wildman–Crippen LogP) is 4.56. The molecule has 1 aromatic heterocycles. The Kier molecular flexibility index (Phi) is 6.61. The molecule has 150 valence electrons. The number of hydrogen-bond acceptors (Lipinski definition) is 5. The second kappa shape index (κ2) is 9.15. The van der Waals surface area contributed by atoms with E-state index in [1.54, 1.807) is 24.3 Å². The summed E-state index contributed by atoms with van der Waals surface area (Å²) < 4.78 is 0. The minimum absolute atomic E-state index is 0.133. The van der Waals surface area contributed by atoms with Gasteiger partial charge in [0.1, 0.15) is 11.0 Å². The van der Waals surface area contributed by atoms with Gasteiger partial charge in [-0.3, -0.25) is 14.9 Å². The average Bonchev–Trinajstić information content (AvgIpc) is 3.14. The topological polar surface area (TPSA) is 84.0 Å². The maximum absolute atomic E-state index is 12.8. The number of aromatic nitrogens is 2. The molecule has 0 aliphatic rings. The molecule has 29 heavy (non-hydrogen) atoms. The number of anilines is 1. The fraction of sp³-hybridized carbons (Fsp3) is 0.238. The Morgan fingerprint density at radius 1 is 1.03 bits per heavy atom. The quantitative estimate of drug-likeness (QED) is 0.602. The van der Waals surface area contributed by atoms with Gasteiger partial charge < -0.3 is 5.32 Å². The summed E-state index contributed by atoms with van der Waals surface area (Å²) in [6.45, 7) is 5.72. The van der Waals surface area contributed by atoms with E-state index in [0.29, 0.717) is 20.7 Å². The molecule has 1 heterocycles. The van der Waals surface area contributed by atoms with Crippen molar-refractivity contribution in [3.63, 3.8) is 0 Å². The van der Waals surface area contributed by atoms with Crippen molar-refractivity contribution < 1.29 is 9.59 Å². The van der Waals surface area contributed by atoms with Crippen LogP contribution in [0, 0.1) is 12.8 Å². The Morgan fingerprint density at radius 3 is 2.38 bits per heavy atom. The summed E-state index contributed by atoms with van der Waals surface area (Å²) in [6.07, 6.45) is 0. The second-order valence-electron chi connectivity index (χ2n) is 6.94. The largest absolute Gasteiger partial charge is 0.340 e. The number of benzene rings is 2. The van der Waals surface area contributed by atoms with Crippen molar-refractivity contribution in [1.29, 1.82) is 0 Å². The van der Waals surface area contributed by atoms with Gasteiger partial charge in [-0.2, -0.15) is 0 Å². The summed E-state index contributed by atoms with van der Waals surface area (Å²) >= 11 is 7.36. The lowest BCUT2D eigenvalue weighted by molar-refractivity contribution is -0.118. The van der Waals surface area contributed by atoms with E-state index >= 15 is 0 Å². The van der Waals surface area contributed by atoms with Crippen molar-refractivity contribution in [1.82, 2.24) is 15.5 Å². The van der Waals surface area contributed by atoms with Crippen molar-refractivity contribution in [3.05, 3.63) is 64.7 Å². The lowest BCUT2D eigenvalue weighted by Gasteiger charge is -2.21. The molecule has 1 atom stereocenters. The van der Waals surface area contributed by atoms with Crippen molar-refractivity contribution >= 4 is 39.9 Å². The maximum Gasteiger partial charge on any atom is 0.253 e. The van der Waals surface area contributed by atoms with Crippen molar-refractivity contribution in [3.8, 4) is 10.6 Å². The van der Waals surface area contributed by atoms with Gasteiger partial charge in [0, 0.05) is 5.56 Å². The number of amides is 2. The summed E-state index contributed by atoms with van der Waals surface area (Å²) in [5.41, 5.74) is 2.41. The highest BCUT2D eigenvalue weighted by molar-refractivity contribution is 7.18. The number of carbonyl (C=O) groups is 2. The van der Waals surface area contributed by atoms with E-state index in [-0.39, 0.29) is 11.8 Å². The Bertz CT molecular complexity index is 1020. The van der Waals surface area contributed by atoms with Crippen LogP contribution in [0.25, 0.3) is 10.6 Å². The van der Waals surface area contributed by atoms with E-state index in [1.165, 1.54) is 11.3 Å². The molecule has 0 saturated heterocycles. The van der Waals surface area contributed by atoms with E-state index in [1.807, 2.05) is 45.0 Å². The van der Waals surface area contributed by atoms with E-state index in [4.69, 9.17) is 11.6 Å². The third-order valence-electron chi connectivity index (χ3n) is 4.31. The predicted molar refractivity (Wildman–Crippen MR) is 116 cm³/mol. The monoisotopic (exact) mass is 428 g/mol. The molecule has 2 aromatic carbocycles. The van der Waals surface area contributed by atoms with E-state index in [2.05, 4.69) is 20.8 Å². The van der Waals surface area contributed by atoms with Crippen LogP contribution in [0.2, 0.25) is 5.02 Å². The van der Waals surface area contributed by atoms with Crippen molar-refractivity contribution in [2.75, 3.05) is 5.32 Å². The number of carbonyl (C=O) groups excluding carboxylic acids is 2. The molecule has 3 rings (SSSR count). The van der Waals surface area contributed by atoms with Gasteiger partial charge in [-0.05, 0) is 25.0 Å². The first-order valence-corrected chi connectivity index (χ1v) is 10.3. The smallest absolute Gasteiger partial charge is 0.253 e. The first-order chi connectivity index (χ1) is 13.8. The van der Waals surface area contributed by atoms with Crippen LogP contribution in [-0.2, 0) is 4.79 Å². The maximum atomic E-state index is 12.8. The van der Waals surface area contributed by atoms with Crippen LogP contribution in [0.15, 0.2) is 48.5 Å². The lowest BCUT2D eigenvalue weighted by Crippen LogP contribution is -2.47. The zero-order valence-electron chi connectivity index (χ0n) is 16.3. The molecule has 0 spiro atoms. The first-order valence-electron chi connectivity index (χ1n) is 9.12. The third kappa shape index (κ3) is 5.19. The molecule has 3 aromatic rings. The van der Waals surface area contributed by atoms with Gasteiger partial charge in [0.05, 0.1) is 10.6 Å². The van der Waals surface area contributed by atoms with Gasteiger partial charge in [0.15, 0.2) is 0 Å². The molecule has 2 N–H and O–H groups in total. The van der Waals surface area contributed by atoms with Crippen LogP contribution in [0.1, 0.15) is 29.8 Å². The zero-order valence-corrected chi connectivity index (χ0v) is 17.8. The fourth-order valence-corrected chi connectivity index (χ4v) is 3.64. The van der Waals surface area contributed by atoms with Gasteiger partial charge in [0.25, 0.3) is 5.91 Å². The molecule has 0 saturated carbocycles. The minimum Gasteiger partial charge on any atom is -0.340 e. The molecule has 6 nitrogen and oxygen atoms in total. The lowest BCUT2D eigenvalue weighted by atomic mass is 10.0. The summed E-state index contributed by atoms with van der Waals surface area (Å²) in [7, 11) is 0. The van der Waals surface area contributed by atoms with Gasteiger partial charge >= 0.3 is 0 Å². The molecular weight excluding hydrogens is 408 g/mol. The normalized spacial score (nSPS) is 11.9. The minimum atomic E-state index is -0.745. The molecule has 0 radical (unpaired) electrons. The van der Waals surface area contributed by atoms with Crippen LogP contribution >= 0.6 is 22.9 Å². The second-order valence-corrected chi connectivity index (χ2v) is 8.33. The van der Waals surface area contributed by atoms with Crippen molar-refractivity contribution in [2.24, 2.45) is 5.92 Å². The zero-order chi connectivity index (χ0) is 21.0. The molecule has 0 aliphatic carbocycles. The number of aryl methyl sites for hydroxylation is 1. The molecule has 8 heteroatoms. The van der Waals surface area contributed by atoms with Crippen LogP contribution in [0.4, 0.5) is 5.13 Å². The highest BCUT2D eigenvalue weighted by atomic mass is 35.5. The highest BCUT2D eigenvalue weighted by Gasteiger charge is 2.26. The SMILES string of the molecule is Cc1ccc(-c2nnc(NC(=O)C(NC(=O)c3ccccc3Cl)C(C)C)s2)cc1. The van der Waals surface area contributed by atoms with Crippen LogP contribution in [0.3, 0.4) is 0 Å². The summed E-state index contributed by atoms with van der Waals surface area (Å²) in [4.78, 5) is 25.3. The standard InChI is InChI=1S/C21H21ClN4O2S/c1-12(2)17(23-18(27)15-6-4-5-7-16(15)22)19(28)24-21-26-25-20(29-21)14-10-8-13(3)9-11-14/h4-12,17H,1-3H3,(H,23,27)(H,24,26,28). The van der Waals surface area contributed by atoms with Gasteiger partial charge in [-0.15, -0.1) is 10.2 Å². The number of nitrogens with one attached hydrogen (secondary N) is 2. The van der Waals surface area contributed by atoms with Crippen LogP contribution < -0.4 is 10.6 Å². The summed E-state index contributed by atoms with van der Waals surface area (Å²) in [5, 5.41) is 15.1. The molecule has 0 fully saturated rings. The van der Waals surface area contributed by atoms with Gasteiger partial charge in [-0.1, -0.05) is 78.7 Å². The third-order valence-corrected chi connectivity index (χ3v) is 5.53. The summed E-state index contributed by atoms with van der Waals surface area (Å²) in [6, 6.07) is 13.9. The van der Waals surface area contributed by atoms with Crippen LogP contribution in [0.5, 0.6) is 0 Å². The summed E-state index contributed by atoms with van der Waals surface area (Å²) in [5.74, 6) is -0.889. The van der Waals surface area contributed by atoms with Gasteiger partial charge in [-0.25, -0.2) is 0 Å². The van der Waals surface area contributed by atoms with Gasteiger partial charge in [0.2, 0.25) is 11.0 Å². The Labute approximate surface area is 178 Å². The number of nitrogens with zero attached hydrogens (tertiary/aromatic N) is 2. The molecule has 1 unspecified atom stereocenters. The van der Waals surface area contributed by atoms with Crippen LogP contribution in [-0.4, -0.2) is 28.1 Å².